The summed E-state index contributed by atoms with van der Waals surface area (Å²) in [6.45, 7) is 0.745. The first kappa shape index (κ1) is 22.0. The first-order valence-corrected chi connectivity index (χ1v) is 10.1. The van der Waals surface area contributed by atoms with Gasteiger partial charge in [-0.2, -0.15) is 0 Å². The van der Waals surface area contributed by atoms with Crippen LogP contribution in [0.15, 0.2) is 48.9 Å². The Morgan fingerprint density at radius 1 is 1.10 bits per heavy atom. The van der Waals surface area contributed by atoms with Crippen LogP contribution in [0.3, 0.4) is 0 Å². The highest BCUT2D eigenvalue weighted by atomic mass is 16.5. The van der Waals surface area contributed by atoms with Gasteiger partial charge in [-0.05, 0) is 42.7 Å². The molecule has 8 nitrogen and oxygen atoms in total. The van der Waals surface area contributed by atoms with E-state index in [0.29, 0.717) is 5.56 Å². The second-order valence-corrected chi connectivity index (χ2v) is 7.22. The van der Waals surface area contributed by atoms with Crippen LogP contribution in [0.25, 0.3) is 11.3 Å². The summed E-state index contributed by atoms with van der Waals surface area (Å²) in [5.74, 6) is 2.26. The van der Waals surface area contributed by atoms with Gasteiger partial charge in [0.2, 0.25) is 0 Å². The average molecular weight is 421 g/mol. The van der Waals surface area contributed by atoms with Crippen LogP contribution < -0.4 is 20.3 Å². The molecule has 2 aromatic heterocycles. The van der Waals surface area contributed by atoms with E-state index in [0.717, 1.165) is 53.6 Å². The molecule has 0 spiro atoms. The third kappa shape index (κ3) is 5.69. The molecule has 0 aliphatic heterocycles. The maximum absolute atomic E-state index is 11.8. The Morgan fingerprint density at radius 3 is 2.61 bits per heavy atom. The molecule has 31 heavy (non-hydrogen) atoms. The second-order valence-electron chi connectivity index (χ2n) is 7.22. The standard InChI is InChI=1S/C23H28N6O2/c1-24-23(30)17-8-7-16(20(12-17)31-4)6-5-11-25-21-13-19(27-15-28-21)18-9-10-22(26-14-18)29(2)3/h7-10,12-15H,5-6,11H2,1-4H3,(H,24,30)(H,25,27,28). The Bertz CT molecular complexity index is 1020. The van der Waals surface area contributed by atoms with Crippen LogP contribution in [-0.2, 0) is 6.42 Å². The number of benzene rings is 1. The monoisotopic (exact) mass is 420 g/mol. The highest BCUT2D eigenvalue weighted by molar-refractivity contribution is 5.94. The number of rotatable bonds is 9. The molecule has 2 N–H and O–H groups in total. The number of hydrogen-bond acceptors (Lipinski definition) is 7. The molecule has 0 saturated carbocycles. The highest BCUT2D eigenvalue weighted by Gasteiger charge is 2.09. The molecule has 0 aliphatic carbocycles. The van der Waals surface area contributed by atoms with Gasteiger partial charge in [-0.25, -0.2) is 15.0 Å². The SMILES string of the molecule is CNC(=O)c1ccc(CCCNc2cc(-c3ccc(N(C)C)nc3)ncn2)c(OC)c1. The van der Waals surface area contributed by atoms with Crippen molar-refractivity contribution in [2.24, 2.45) is 0 Å². The molecule has 3 aromatic rings. The van der Waals surface area contributed by atoms with Gasteiger partial charge in [0.15, 0.2) is 0 Å². The Morgan fingerprint density at radius 2 is 1.94 bits per heavy atom. The van der Waals surface area contributed by atoms with Crippen LogP contribution in [0.1, 0.15) is 22.3 Å². The largest absolute Gasteiger partial charge is 0.496 e. The average Bonchev–Trinajstić information content (AvgIpc) is 2.81. The minimum Gasteiger partial charge on any atom is -0.496 e. The summed E-state index contributed by atoms with van der Waals surface area (Å²) in [5.41, 5.74) is 3.41. The van der Waals surface area contributed by atoms with Gasteiger partial charge in [0.05, 0.1) is 12.8 Å². The number of ether oxygens (including phenoxy) is 1. The van der Waals surface area contributed by atoms with Gasteiger partial charge in [-0.1, -0.05) is 6.07 Å². The van der Waals surface area contributed by atoms with Crippen molar-refractivity contribution in [3.8, 4) is 17.0 Å². The van der Waals surface area contributed by atoms with Crippen molar-refractivity contribution in [1.29, 1.82) is 0 Å². The molecule has 1 amide bonds. The third-order valence-corrected chi connectivity index (χ3v) is 4.87. The zero-order valence-electron chi connectivity index (χ0n) is 18.3. The predicted octanol–water partition coefficient (Wildman–Crippen LogP) is 3.02. The fourth-order valence-corrected chi connectivity index (χ4v) is 3.15. The summed E-state index contributed by atoms with van der Waals surface area (Å²) < 4.78 is 5.45. The lowest BCUT2D eigenvalue weighted by Crippen LogP contribution is -2.17. The molecule has 162 valence electrons. The van der Waals surface area contributed by atoms with E-state index in [1.165, 1.54) is 0 Å². The van der Waals surface area contributed by atoms with Crippen molar-refractivity contribution < 1.29 is 9.53 Å². The van der Waals surface area contributed by atoms with Crippen molar-refractivity contribution in [3.05, 3.63) is 60.0 Å². The Hall–Kier alpha value is -3.68. The molecule has 0 unspecified atom stereocenters. The zero-order valence-corrected chi connectivity index (χ0v) is 18.3. The van der Waals surface area contributed by atoms with E-state index in [4.69, 9.17) is 4.74 Å². The van der Waals surface area contributed by atoms with Crippen LogP contribution in [0, 0.1) is 0 Å². The molecule has 0 fully saturated rings. The summed E-state index contributed by atoms with van der Waals surface area (Å²) in [5, 5.41) is 5.97. The lowest BCUT2D eigenvalue weighted by molar-refractivity contribution is 0.0962. The Balaban J connectivity index is 1.58. The summed E-state index contributed by atoms with van der Waals surface area (Å²) in [4.78, 5) is 26.9. The van der Waals surface area contributed by atoms with Gasteiger partial charge in [0.1, 0.15) is 23.7 Å². The van der Waals surface area contributed by atoms with E-state index in [9.17, 15) is 4.79 Å². The normalized spacial score (nSPS) is 10.5. The van der Waals surface area contributed by atoms with Gasteiger partial charge < -0.3 is 20.3 Å². The smallest absolute Gasteiger partial charge is 0.251 e. The zero-order chi connectivity index (χ0) is 22.2. The maximum Gasteiger partial charge on any atom is 0.251 e. The van der Waals surface area contributed by atoms with Crippen LogP contribution in [-0.4, -0.2) is 55.7 Å². The van der Waals surface area contributed by atoms with Crippen LogP contribution >= 0.6 is 0 Å². The molecular weight excluding hydrogens is 392 g/mol. The molecule has 0 atom stereocenters. The summed E-state index contributed by atoms with van der Waals surface area (Å²) in [7, 11) is 7.15. The van der Waals surface area contributed by atoms with Gasteiger partial charge >= 0.3 is 0 Å². The predicted molar refractivity (Wildman–Crippen MR) is 123 cm³/mol. The van der Waals surface area contributed by atoms with E-state index in [2.05, 4.69) is 25.6 Å². The number of carbonyl (C=O) groups excluding carboxylic acids is 1. The Labute approximate surface area is 182 Å². The van der Waals surface area contributed by atoms with Gasteiger partial charge in [0.25, 0.3) is 5.91 Å². The number of amides is 1. The van der Waals surface area contributed by atoms with Crippen LogP contribution in [0.2, 0.25) is 0 Å². The van der Waals surface area contributed by atoms with E-state index in [1.54, 1.807) is 26.6 Å². The van der Waals surface area contributed by atoms with Gasteiger partial charge in [-0.15, -0.1) is 0 Å². The fourth-order valence-electron chi connectivity index (χ4n) is 3.15. The number of nitrogens with zero attached hydrogens (tertiary/aromatic N) is 4. The minimum atomic E-state index is -0.127. The van der Waals surface area contributed by atoms with E-state index in [-0.39, 0.29) is 5.91 Å². The lowest BCUT2D eigenvalue weighted by atomic mass is 10.1. The first-order valence-electron chi connectivity index (χ1n) is 10.1. The quantitative estimate of drug-likeness (QED) is 0.514. The summed E-state index contributed by atoms with van der Waals surface area (Å²) in [6.07, 6.45) is 5.07. The number of hydrogen-bond donors (Lipinski definition) is 2. The van der Waals surface area contributed by atoms with E-state index < -0.39 is 0 Å². The molecular formula is C23H28N6O2. The summed E-state index contributed by atoms with van der Waals surface area (Å²) >= 11 is 0. The third-order valence-electron chi connectivity index (χ3n) is 4.87. The maximum atomic E-state index is 11.8. The van der Waals surface area contributed by atoms with Crippen LogP contribution in [0.5, 0.6) is 5.75 Å². The van der Waals surface area contributed by atoms with Crippen LogP contribution in [0.4, 0.5) is 11.6 Å². The van der Waals surface area contributed by atoms with E-state index in [1.807, 2.05) is 55.5 Å². The number of pyridine rings is 1. The highest BCUT2D eigenvalue weighted by Crippen LogP contribution is 2.22. The number of carbonyl (C=O) groups is 1. The number of anilines is 2. The molecule has 0 bridgehead atoms. The number of nitrogens with one attached hydrogen (secondary N) is 2. The van der Waals surface area contributed by atoms with Crippen molar-refractivity contribution in [2.75, 3.05) is 45.0 Å². The minimum absolute atomic E-state index is 0.127. The molecule has 0 saturated heterocycles. The molecule has 0 aliphatic rings. The molecule has 8 heteroatoms. The molecule has 2 heterocycles. The van der Waals surface area contributed by atoms with Crippen molar-refractivity contribution in [3.63, 3.8) is 0 Å². The van der Waals surface area contributed by atoms with Gasteiger partial charge in [-0.3, -0.25) is 4.79 Å². The lowest BCUT2D eigenvalue weighted by Gasteiger charge is -2.12. The first-order chi connectivity index (χ1) is 15.0. The number of aromatic nitrogens is 3. The number of methoxy groups -OCH3 is 1. The van der Waals surface area contributed by atoms with E-state index >= 15 is 0 Å². The molecule has 1 aromatic carbocycles. The van der Waals surface area contributed by atoms with Gasteiger partial charge in [0, 0.05) is 51.1 Å². The number of aryl methyl sites for hydroxylation is 1. The van der Waals surface area contributed by atoms with Crippen molar-refractivity contribution >= 4 is 17.5 Å². The van der Waals surface area contributed by atoms with Crippen molar-refractivity contribution in [2.45, 2.75) is 12.8 Å². The van der Waals surface area contributed by atoms with Crippen molar-refractivity contribution in [1.82, 2.24) is 20.3 Å². The fraction of sp³-hybridized carbons (Fsp3) is 0.304. The Kier molecular flexibility index (Phi) is 7.37. The topological polar surface area (TPSA) is 92.3 Å². The molecule has 3 rings (SSSR count). The summed E-state index contributed by atoms with van der Waals surface area (Å²) in [6, 6.07) is 11.4. The molecule has 0 radical (unpaired) electrons. The second kappa shape index (κ2) is 10.4.